The van der Waals surface area contributed by atoms with Crippen molar-refractivity contribution in [2.24, 2.45) is 0 Å². The third-order valence-electron chi connectivity index (χ3n) is 5.20. The zero-order valence-corrected chi connectivity index (χ0v) is 15.2. The molecule has 2 aromatic carbocycles. The van der Waals surface area contributed by atoms with E-state index in [1.54, 1.807) is 18.2 Å². The molecule has 0 amide bonds. The summed E-state index contributed by atoms with van der Waals surface area (Å²) in [5.41, 5.74) is 5.52. The Morgan fingerprint density at radius 3 is 2.63 bits per heavy atom. The molecule has 3 nitrogen and oxygen atoms in total. The summed E-state index contributed by atoms with van der Waals surface area (Å²) in [7, 11) is 0. The Kier molecular flexibility index (Phi) is 5.16. The van der Waals surface area contributed by atoms with Gasteiger partial charge in [0.25, 0.3) is 0 Å². The van der Waals surface area contributed by atoms with Crippen LogP contribution < -0.4 is 0 Å². The van der Waals surface area contributed by atoms with Crippen LogP contribution in [0.15, 0.2) is 60.7 Å². The van der Waals surface area contributed by atoms with Crippen LogP contribution >= 0.6 is 0 Å². The van der Waals surface area contributed by atoms with Crippen molar-refractivity contribution in [3.8, 4) is 5.69 Å². The van der Waals surface area contributed by atoms with Crippen LogP contribution in [0, 0.1) is 5.82 Å². The molecule has 0 radical (unpaired) electrons. The maximum absolute atomic E-state index is 13.4. The van der Waals surface area contributed by atoms with Gasteiger partial charge in [-0.1, -0.05) is 36.4 Å². The van der Waals surface area contributed by atoms with Crippen molar-refractivity contribution in [3.63, 3.8) is 0 Å². The maximum atomic E-state index is 13.4. The molecule has 0 saturated carbocycles. The Bertz CT molecular complexity index is 929. The first kappa shape index (κ1) is 17.7. The van der Waals surface area contributed by atoms with Crippen molar-refractivity contribution in [2.75, 3.05) is 6.61 Å². The van der Waals surface area contributed by atoms with Crippen LogP contribution in [-0.2, 0) is 12.8 Å². The van der Waals surface area contributed by atoms with E-state index < -0.39 is 0 Å². The predicted octanol–water partition coefficient (Wildman–Crippen LogP) is 4.68. The molecular formula is C23H23FN2O. The monoisotopic (exact) mass is 362 g/mol. The van der Waals surface area contributed by atoms with Crippen molar-refractivity contribution < 1.29 is 9.50 Å². The van der Waals surface area contributed by atoms with E-state index >= 15 is 0 Å². The van der Waals surface area contributed by atoms with Gasteiger partial charge in [-0.3, -0.25) is 0 Å². The first-order valence-corrected chi connectivity index (χ1v) is 9.45. The second-order valence-electron chi connectivity index (χ2n) is 7.00. The molecule has 0 fully saturated rings. The minimum Gasteiger partial charge on any atom is -0.392 e. The van der Waals surface area contributed by atoms with E-state index in [9.17, 15) is 9.50 Å². The third kappa shape index (κ3) is 3.71. The lowest BCUT2D eigenvalue weighted by molar-refractivity contribution is 0.343. The van der Waals surface area contributed by atoms with Gasteiger partial charge in [0.2, 0.25) is 0 Å². The summed E-state index contributed by atoms with van der Waals surface area (Å²) in [5, 5.41) is 14.2. The van der Waals surface area contributed by atoms with E-state index in [1.165, 1.54) is 23.3 Å². The van der Waals surface area contributed by atoms with Gasteiger partial charge in [0.15, 0.2) is 0 Å². The fourth-order valence-corrected chi connectivity index (χ4v) is 3.94. The van der Waals surface area contributed by atoms with E-state index in [2.05, 4.69) is 24.3 Å². The quantitative estimate of drug-likeness (QED) is 0.716. The molecule has 1 heterocycles. The van der Waals surface area contributed by atoms with Gasteiger partial charge in [0, 0.05) is 11.5 Å². The van der Waals surface area contributed by atoms with Gasteiger partial charge in [0.1, 0.15) is 5.82 Å². The summed E-state index contributed by atoms with van der Waals surface area (Å²) < 4.78 is 15.2. The first-order chi connectivity index (χ1) is 13.3. The average molecular weight is 362 g/mol. The molecule has 0 saturated heterocycles. The van der Waals surface area contributed by atoms with Crippen LogP contribution in [0.25, 0.3) is 11.8 Å². The molecule has 1 N–H and O–H groups in total. The van der Waals surface area contributed by atoms with E-state index in [0.717, 1.165) is 42.8 Å². The van der Waals surface area contributed by atoms with Crippen molar-refractivity contribution in [3.05, 3.63) is 89.0 Å². The summed E-state index contributed by atoms with van der Waals surface area (Å²) in [6.45, 7) is -0.0170. The highest BCUT2D eigenvalue weighted by molar-refractivity contribution is 5.56. The lowest BCUT2D eigenvalue weighted by Gasteiger charge is -2.21. The second kappa shape index (κ2) is 7.89. The molecule has 3 aromatic rings. The summed E-state index contributed by atoms with van der Waals surface area (Å²) in [6.07, 6.45) is 7.85. The van der Waals surface area contributed by atoms with Gasteiger partial charge in [0.05, 0.1) is 23.7 Å². The van der Waals surface area contributed by atoms with E-state index in [0.29, 0.717) is 5.92 Å². The molecule has 0 spiro atoms. The van der Waals surface area contributed by atoms with Gasteiger partial charge in [-0.05, 0) is 61.6 Å². The van der Waals surface area contributed by atoms with E-state index in [4.69, 9.17) is 5.10 Å². The minimum atomic E-state index is -0.259. The zero-order chi connectivity index (χ0) is 18.6. The number of aliphatic hydroxyl groups is 1. The average Bonchev–Trinajstić information content (AvgIpc) is 3.07. The summed E-state index contributed by atoms with van der Waals surface area (Å²) in [4.78, 5) is 0. The van der Waals surface area contributed by atoms with Crippen LogP contribution in [-0.4, -0.2) is 21.5 Å². The molecule has 1 atom stereocenters. The number of halogens is 1. The molecule has 1 aromatic heterocycles. The van der Waals surface area contributed by atoms with Crippen molar-refractivity contribution in [2.45, 2.75) is 31.6 Å². The molecule has 0 bridgehead atoms. The van der Waals surface area contributed by atoms with Crippen molar-refractivity contribution in [1.82, 2.24) is 9.78 Å². The van der Waals surface area contributed by atoms with Crippen LogP contribution in [0.4, 0.5) is 4.39 Å². The molecular weight excluding hydrogens is 339 g/mol. The molecule has 0 aliphatic heterocycles. The fourth-order valence-electron chi connectivity index (χ4n) is 3.94. The number of rotatable bonds is 5. The SMILES string of the molecule is OCC=Cc1c2c(nn1-c1ccc(F)cc1)C(Cc1ccccc1)CCC2. The Balaban J connectivity index is 1.77. The minimum absolute atomic E-state index is 0.0170. The van der Waals surface area contributed by atoms with Crippen LogP contribution in [0.2, 0.25) is 0 Å². The lowest BCUT2D eigenvalue weighted by atomic mass is 9.83. The number of aromatic nitrogens is 2. The zero-order valence-electron chi connectivity index (χ0n) is 15.2. The van der Waals surface area contributed by atoms with Gasteiger partial charge < -0.3 is 5.11 Å². The van der Waals surface area contributed by atoms with Crippen molar-refractivity contribution in [1.29, 1.82) is 0 Å². The number of hydrogen-bond acceptors (Lipinski definition) is 2. The molecule has 1 aliphatic carbocycles. The third-order valence-corrected chi connectivity index (χ3v) is 5.20. The maximum Gasteiger partial charge on any atom is 0.123 e. The number of hydrogen-bond donors (Lipinski definition) is 1. The Morgan fingerprint density at radius 2 is 1.89 bits per heavy atom. The summed E-state index contributed by atoms with van der Waals surface area (Å²) >= 11 is 0. The Morgan fingerprint density at radius 1 is 1.11 bits per heavy atom. The van der Waals surface area contributed by atoms with Crippen LogP contribution in [0.1, 0.15) is 41.3 Å². The molecule has 1 aliphatic rings. The number of nitrogens with zero attached hydrogens (tertiary/aromatic N) is 2. The largest absolute Gasteiger partial charge is 0.392 e. The molecule has 4 rings (SSSR count). The van der Waals surface area contributed by atoms with Gasteiger partial charge in [-0.2, -0.15) is 5.10 Å². The lowest BCUT2D eigenvalue weighted by Crippen LogP contribution is -2.12. The number of benzene rings is 2. The van der Waals surface area contributed by atoms with Crippen molar-refractivity contribution >= 4 is 6.08 Å². The molecule has 138 valence electrons. The number of aliphatic hydroxyl groups excluding tert-OH is 1. The Labute approximate surface area is 158 Å². The van der Waals surface area contributed by atoms with Gasteiger partial charge in [-0.15, -0.1) is 0 Å². The fraction of sp³-hybridized carbons (Fsp3) is 0.261. The van der Waals surface area contributed by atoms with E-state index in [-0.39, 0.29) is 12.4 Å². The number of fused-ring (bicyclic) bond motifs is 1. The summed E-state index contributed by atoms with van der Waals surface area (Å²) in [5.74, 6) is 0.115. The Hall–Kier alpha value is -2.72. The van der Waals surface area contributed by atoms with E-state index in [1.807, 2.05) is 16.8 Å². The van der Waals surface area contributed by atoms with Gasteiger partial charge in [-0.25, -0.2) is 9.07 Å². The highest BCUT2D eigenvalue weighted by Crippen LogP contribution is 2.36. The van der Waals surface area contributed by atoms with Crippen LogP contribution in [0.3, 0.4) is 0 Å². The summed E-state index contributed by atoms with van der Waals surface area (Å²) in [6, 6.07) is 16.9. The predicted molar refractivity (Wildman–Crippen MR) is 105 cm³/mol. The highest BCUT2D eigenvalue weighted by Gasteiger charge is 2.27. The highest BCUT2D eigenvalue weighted by atomic mass is 19.1. The smallest absolute Gasteiger partial charge is 0.123 e. The first-order valence-electron chi connectivity index (χ1n) is 9.45. The second-order valence-corrected chi connectivity index (χ2v) is 7.00. The van der Waals surface area contributed by atoms with Gasteiger partial charge >= 0.3 is 0 Å². The standard InChI is InChI=1S/C23H23FN2O/c24-19-11-13-20(14-12-19)26-22(10-5-15-27)21-9-4-8-18(23(21)25-26)16-17-6-2-1-3-7-17/h1-3,5-7,10-14,18,27H,4,8-9,15-16H2. The van der Waals surface area contributed by atoms with Crippen LogP contribution in [0.5, 0.6) is 0 Å². The molecule has 1 unspecified atom stereocenters. The molecule has 4 heteroatoms. The molecule has 27 heavy (non-hydrogen) atoms. The normalized spacial score (nSPS) is 16.6. The topological polar surface area (TPSA) is 38.1 Å².